The maximum absolute atomic E-state index is 4.47. The van der Waals surface area contributed by atoms with Crippen LogP contribution in [0.5, 0.6) is 0 Å². The lowest BCUT2D eigenvalue weighted by Crippen LogP contribution is -2.23. The monoisotopic (exact) mass is 306 g/mol. The highest BCUT2D eigenvalue weighted by Crippen LogP contribution is 2.39. The first-order valence-corrected chi connectivity index (χ1v) is 7.82. The van der Waals surface area contributed by atoms with Gasteiger partial charge in [-0.05, 0) is 25.5 Å². The topological polar surface area (TPSA) is 34.0 Å². The van der Waals surface area contributed by atoms with Crippen molar-refractivity contribution in [2.24, 2.45) is 0 Å². The fourth-order valence-electron chi connectivity index (χ4n) is 3.07. The maximum Gasteiger partial charge on any atom is 0.121 e. The van der Waals surface area contributed by atoms with Crippen LogP contribution in [0.4, 0.5) is 5.69 Å². The summed E-state index contributed by atoms with van der Waals surface area (Å²) in [5.74, 6) is 0. The van der Waals surface area contributed by atoms with Gasteiger partial charge in [-0.1, -0.05) is 48.7 Å². The van der Waals surface area contributed by atoms with E-state index in [-0.39, 0.29) is 6.04 Å². The van der Waals surface area contributed by atoms with Gasteiger partial charge < -0.3 is 4.90 Å². The molecule has 0 saturated carbocycles. The van der Waals surface area contributed by atoms with Crippen LogP contribution >= 0.6 is 0 Å². The number of allylic oxidation sites excluding steroid dienone is 2. The van der Waals surface area contributed by atoms with Crippen LogP contribution in [-0.4, -0.2) is 28.6 Å². The average molecular weight is 306 g/mol. The lowest BCUT2D eigenvalue weighted by Gasteiger charge is -2.27. The standard InChI is InChI=1S/C19H22N4/c1-6-14-12-22(5)17-11-9-8-10-16(17)19-18(15(14)7-2)20-21-23(19)13(3)4/h6-11,13H,1-2,12H2,3-5H3/b15-14-. The Morgan fingerprint density at radius 2 is 1.91 bits per heavy atom. The lowest BCUT2D eigenvalue weighted by atomic mass is 9.95. The maximum atomic E-state index is 4.47. The Morgan fingerprint density at radius 1 is 1.17 bits per heavy atom. The van der Waals surface area contributed by atoms with Gasteiger partial charge in [0.1, 0.15) is 5.69 Å². The molecule has 0 unspecified atom stereocenters. The van der Waals surface area contributed by atoms with Gasteiger partial charge in [-0.15, -0.1) is 5.10 Å². The van der Waals surface area contributed by atoms with Gasteiger partial charge in [0.15, 0.2) is 0 Å². The smallest absolute Gasteiger partial charge is 0.121 e. The number of benzene rings is 1. The van der Waals surface area contributed by atoms with Crippen molar-refractivity contribution in [2.75, 3.05) is 18.5 Å². The molecule has 0 radical (unpaired) electrons. The molecule has 1 aliphatic heterocycles. The van der Waals surface area contributed by atoms with Crippen LogP contribution < -0.4 is 4.90 Å². The van der Waals surface area contributed by atoms with E-state index in [4.69, 9.17) is 0 Å². The van der Waals surface area contributed by atoms with Crippen molar-refractivity contribution in [3.63, 3.8) is 0 Å². The first-order valence-electron chi connectivity index (χ1n) is 7.82. The van der Waals surface area contributed by atoms with Gasteiger partial charge in [0, 0.05) is 36.5 Å². The van der Waals surface area contributed by atoms with Gasteiger partial charge in [-0.25, -0.2) is 4.68 Å². The molecule has 23 heavy (non-hydrogen) atoms. The first-order chi connectivity index (χ1) is 11.1. The second-order valence-electron chi connectivity index (χ2n) is 6.05. The summed E-state index contributed by atoms with van der Waals surface area (Å²) in [5.41, 5.74) is 6.34. The molecule has 0 aliphatic carbocycles. The Hall–Kier alpha value is -2.62. The molecule has 4 heteroatoms. The lowest BCUT2D eigenvalue weighted by molar-refractivity contribution is 0.519. The third kappa shape index (κ3) is 2.40. The van der Waals surface area contributed by atoms with E-state index in [2.05, 4.69) is 73.5 Å². The number of para-hydroxylation sites is 1. The molecule has 0 bridgehead atoms. The van der Waals surface area contributed by atoms with Crippen LogP contribution in [0.2, 0.25) is 0 Å². The zero-order chi connectivity index (χ0) is 16.6. The molecule has 2 heterocycles. The van der Waals surface area contributed by atoms with Crippen molar-refractivity contribution < 1.29 is 0 Å². The second kappa shape index (κ2) is 5.88. The Bertz CT molecular complexity index is 795. The number of nitrogens with zero attached hydrogens (tertiary/aromatic N) is 4. The molecule has 2 aromatic rings. The molecule has 0 N–H and O–H groups in total. The highest BCUT2D eigenvalue weighted by Gasteiger charge is 2.25. The Balaban J connectivity index is 2.42. The number of rotatable bonds is 3. The zero-order valence-electron chi connectivity index (χ0n) is 14.0. The van der Waals surface area contributed by atoms with Crippen molar-refractivity contribution in [1.82, 2.24) is 15.0 Å². The Labute approximate surface area is 137 Å². The molecular weight excluding hydrogens is 284 g/mol. The summed E-state index contributed by atoms with van der Waals surface area (Å²) in [5, 5.41) is 8.87. The molecule has 4 nitrogen and oxygen atoms in total. The van der Waals surface area contributed by atoms with E-state index in [0.717, 1.165) is 34.6 Å². The van der Waals surface area contributed by atoms with Gasteiger partial charge >= 0.3 is 0 Å². The number of aromatic nitrogens is 3. The molecule has 0 spiro atoms. The molecule has 1 aliphatic rings. The fourth-order valence-corrected chi connectivity index (χ4v) is 3.07. The molecule has 1 aromatic heterocycles. The largest absolute Gasteiger partial charge is 0.370 e. The van der Waals surface area contributed by atoms with Crippen LogP contribution in [0, 0.1) is 0 Å². The molecule has 0 saturated heterocycles. The van der Waals surface area contributed by atoms with E-state index in [0.29, 0.717) is 0 Å². The molecule has 1 aromatic carbocycles. The van der Waals surface area contributed by atoms with Crippen molar-refractivity contribution in [2.45, 2.75) is 19.9 Å². The van der Waals surface area contributed by atoms with E-state index < -0.39 is 0 Å². The van der Waals surface area contributed by atoms with Crippen LogP contribution in [0.1, 0.15) is 25.6 Å². The molecule has 118 valence electrons. The highest BCUT2D eigenvalue weighted by molar-refractivity contribution is 5.90. The molecule has 3 rings (SSSR count). The van der Waals surface area contributed by atoms with Gasteiger partial charge in [-0.2, -0.15) is 0 Å². The van der Waals surface area contributed by atoms with Crippen LogP contribution in [0.3, 0.4) is 0 Å². The Morgan fingerprint density at radius 3 is 2.57 bits per heavy atom. The first kappa shape index (κ1) is 15.3. The summed E-state index contributed by atoms with van der Waals surface area (Å²) in [4.78, 5) is 2.23. The summed E-state index contributed by atoms with van der Waals surface area (Å²) in [6, 6.07) is 8.61. The van der Waals surface area contributed by atoms with Crippen LogP contribution in [-0.2, 0) is 0 Å². The average Bonchev–Trinajstić information content (AvgIpc) is 2.97. The third-order valence-electron chi connectivity index (χ3n) is 4.21. The van der Waals surface area contributed by atoms with Crippen molar-refractivity contribution >= 4 is 11.3 Å². The summed E-state index contributed by atoms with van der Waals surface area (Å²) >= 11 is 0. The van der Waals surface area contributed by atoms with E-state index in [1.54, 1.807) is 0 Å². The molecule has 0 atom stereocenters. The van der Waals surface area contributed by atoms with Gasteiger partial charge in [0.25, 0.3) is 0 Å². The van der Waals surface area contributed by atoms with Crippen molar-refractivity contribution in [1.29, 1.82) is 0 Å². The minimum absolute atomic E-state index is 0.224. The van der Waals surface area contributed by atoms with Crippen molar-refractivity contribution in [3.05, 3.63) is 60.8 Å². The second-order valence-corrected chi connectivity index (χ2v) is 6.05. The van der Waals surface area contributed by atoms with E-state index in [1.807, 2.05) is 16.8 Å². The van der Waals surface area contributed by atoms with Gasteiger partial charge in [-0.3, -0.25) is 0 Å². The van der Waals surface area contributed by atoms with Crippen molar-refractivity contribution in [3.8, 4) is 11.3 Å². The number of fused-ring (bicyclic) bond motifs is 3. The molecule has 0 amide bonds. The molecule has 0 fully saturated rings. The minimum Gasteiger partial charge on any atom is -0.370 e. The van der Waals surface area contributed by atoms with Gasteiger partial charge in [0.05, 0.1) is 5.69 Å². The quantitative estimate of drug-likeness (QED) is 0.856. The van der Waals surface area contributed by atoms with Crippen LogP contribution in [0.25, 0.3) is 16.8 Å². The Kier molecular flexibility index (Phi) is 3.90. The number of hydrogen-bond donors (Lipinski definition) is 0. The van der Waals surface area contributed by atoms with Gasteiger partial charge in [0.2, 0.25) is 0 Å². The van der Waals surface area contributed by atoms with E-state index >= 15 is 0 Å². The predicted molar refractivity (Wildman–Crippen MR) is 96.4 cm³/mol. The van der Waals surface area contributed by atoms with E-state index in [9.17, 15) is 0 Å². The number of anilines is 1. The summed E-state index contributed by atoms with van der Waals surface area (Å²) < 4.78 is 1.98. The SMILES string of the molecule is C=C/C1=C(\C=C)c2nnn(C(C)C)c2-c2ccccc2N(C)C1. The minimum atomic E-state index is 0.224. The summed E-state index contributed by atoms with van der Waals surface area (Å²) in [6.45, 7) is 13.0. The summed E-state index contributed by atoms with van der Waals surface area (Å²) in [6.07, 6.45) is 3.75. The number of likely N-dealkylation sites (N-methyl/N-ethyl adjacent to an activating group) is 1. The predicted octanol–water partition coefficient (Wildman–Crippen LogP) is 4.10. The zero-order valence-corrected chi connectivity index (χ0v) is 14.0. The third-order valence-corrected chi connectivity index (χ3v) is 4.21. The highest BCUT2D eigenvalue weighted by atomic mass is 15.4. The normalized spacial score (nSPS) is 17.3. The fraction of sp³-hybridized carbons (Fsp3) is 0.263. The van der Waals surface area contributed by atoms with Crippen LogP contribution in [0.15, 0.2) is 55.1 Å². The number of hydrogen-bond acceptors (Lipinski definition) is 3. The molecular formula is C19H22N4. The van der Waals surface area contributed by atoms with E-state index in [1.165, 1.54) is 5.69 Å². The summed E-state index contributed by atoms with van der Waals surface area (Å²) in [7, 11) is 2.09.